The molecule has 0 atom stereocenters. The van der Waals surface area contributed by atoms with Crippen LogP contribution in [0.2, 0.25) is 0 Å². The normalized spacial score (nSPS) is 10.9. The van der Waals surface area contributed by atoms with E-state index in [1.165, 1.54) is 6.92 Å². The number of carbonyl (C=O) groups is 2. The first kappa shape index (κ1) is 14.9. The minimum atomic E-state index is -3.91. The SMILES string of the molecule is CCOC(=O)c1cnc(C(F)(F)C(=O)OCC)cn1. The predicted molar refractivity (Wildman–Crippen MR) is 58.5 cm³/mol. The third kappa shape index (κ3) is 3.43. The molecule has 1 heterocycles. The first-order valence-electron chi connectivity index (χ1n) is 5.48. The van der Waals surface area contributed by atoms with Crippen molar-refractivity contribution in [1.29, 1.82) is 0 Å². The quantitative estimate of drug-likeness (QED) is 0.753. The summed E-state index contributed by atoms with van der Waals surface area (Å²) >= 11 is 0. The van der Waals surface area contributed by atoms with Crippen molar-refractivity contribution < 1.29 is 27.8 Å². The number of carbonyl (C=O) groups excluding carboxylic acids is 2. The van der Waals surface area contributed by atoms with Gasteiger partial charge in [0.05, 0.1) is 25.6 Å². The maximum Gasteiger partial charge on any atom is 0.385 e. The fourth-order valence-electron chi connectivity index (χ4n) is 1.13. The summed E-state index contributed by atoms with van der Waals surface area (Å²) in [7, 11) is 0. The van der Waals surface area contributed by atoms with E-state index in [-0.39, 0.29) is 18.9 Å². The van der Waals surface area contributed by atoms with Crippen molar-refractivity contribution >= 4 is 11.9 Å². The molecule has 0 unspecified atom stereocenters. The number of alkyl halides is 2. The number of nitrogens with zero attached hydrogens (tertiary/aromatic N) is 2. The van der Waals surface area contributed by atoms with Gasteiger partial charge in [0, 0.05) is 0 Å². The minimum absolute atomic E-state index is 0.126. The van der Waals surface area contributed by atoms with Gasteiger partial charge in [-0.15, -0.1) is 0 Å². The van der Waals surface area contributed by atoms with Gasteiger partial charge in [-0.3, -0.25) is 4.98 Å². The van der Waals surface area contributed by atoms with E-state index >= 15 is 0 Å². The van der Waals surface area contributed by atoms with Gasteiger partial charge < -0.3 is 9.47 Å². The fraction of sp³-hybridized carbons (Fsp3) is 0.455. The Labute approximate surface area is 107 Å². The molecule has 104 valence electrons. The Balaban J connectivity index is 2.92. The first-order valence-corrected chi connectivity index (χ1v) is 5.48. The number of hydrogen-bond donors (Lipinski definition) is 0. The molecule has 0 aliphatic heterocycles. The molecule has 0 saturated heterocycles. The summed E-state index contributed by atoms with van der Waals surface area (Å²) in [6.07, 6.45) is 1.46. The second-order valence-electron chi connectivity index (χ2n) is 3.30. The predicted octanol–water partition coefficient (Wildman–Crippen LogP) is 1.31. The third-order valence-corrected chi connectivity index (χ3v) is 1.99. The van der Waals surface area contributed by atoms with E-state index < -0.39 is 23.6 Å². The van der Waals surface area contributed by atoms with Crippen molar-refractivity contribution in [2.45, 2.75) is 19.8 Å². The minimum Gasteiger partial charge on any atom is -0.461 e. The van der Waals surface area contributed by atoms with Crippen LogP contribution in [0.1, 0.15) is 30.0 Å². The number of esters is 2. The highest BCUT2D eigenvalue weighted by Crippen LogP contribution is 2.27. The van der Waals surface area contributed by atoms with Crippen LogP contribution < -0.4 is 0 Å². The zero-order valence-corrected chi connectivity index (χ0v) is 10.4. The summed E-state index contributed by atoms with van der Waals surface area (Å²) in [5, 5.41) is 0. The molecule has 0 amide bonds. The molecule has 0 radical (unpaired) electrons. The van der Waals surface area contributed by atoms with Crippen LogP contribution >= 0.6 is 0 Å². The van der Waals surface area contributed by atoms with E-state index in [4.69, 9.17) is 0 Å². The van der Waals surface area contributed by atoms with Crippen molar-refractivity contribution in [3.63, 3.8) is 0 Å². The van der Waals surface area contributed by atoms with Crippen molar-refractivity contribution in [2.24, 2.45) is 0 Å². The van der Waals surface area contributed by atoms with Gasteiger partial charge >= 0.3 is 17.9 Å². The Hall–Kier alpha value is -2.12. The van der Waals surface area contributed by atoms with Gasteiger partial charge in [0.25, 0.3) is 0 Å². The molecule has 0 aliphatic rings. The third-order valence-electron chi connectivity index (χ3n) is 1.99. The van der Waals surface area contributed by atoms with E-state index in [2.05, 4.69) is 19.4 Å². The van der Waals surface area contributed by atoms with Gasteiger partial charge in [0.2, 0.25) is 0 Å². The van der Waals surface area contributed by atoms with Crippen molar-refractivity contribution in [1.82, 2.24) is 9.97 Å². The molecule has 1 rings (SSSR count). The Morgan fingerprint density at radius 2 is 1.79 bits per heavy atom. The van der Waals surface area contributed by atoms with Crippen LogP contribution in [0, 0.1) is 0 Å². The molecule has 8 heteroatoms. The average Bonchev–Trinajstić information content (AvgIpc) is 2.39. The van der Waals surface area contributed by atoms with Gasteiger partial charge in [-0.1, -0.05) is 0 Å². The monoisotopic (exact) mass is 274 g/mol. The molecule has 0 spiro atoms. The Morgan fingerprint density at radius 3 is 2.26 bits per heavy atom. The smallest absolute Gasteiger partial charge is 0.385 e. The largest absolute Gasteiger partial charge is 0.461 e. The van der Waals surface area contributed by atoms with Crippen molar-refractivity contribution in [3.8, 4) is 0 Å². The lowest BCUT2D eigenvalue weighted by molar-refractivity contribution is -0.173. The van der Waals surface area contributed by atoms with E-state index in [0.29, 0.717) is 6.20 Å². The summed E-state index contributed by atoms with van der Waals surface area (Å²) in [6, 6.07) is 0. The maximum atomic E-state index is 13.5. The molecule has 0 aliphatic carbocycles. The van der Waals surface area contributed by atoms with Crippen LogP contribution in [0.3, 0.4) is 0 Å². The zero-order chi connectivity index (χ0) is 14.5. The van der Waals surface area contributed by atoms with Crippen LogP contribution in [-0.2, 0) is 20.2 Å². The van der Waals surface area contributed by atoms with Crippen LogP contribution in [0.5, 0.6) is 0 Å². The Bertz CT molecular complexity index is 462. The Morgan fingerprint density at radius 1 is 1.16 bits per heavy atom. The van der Waals surface area contributed by atoms with Gasteiger partial charge in [0.15, 0.2) is 5.69 Å². The van der Waals surface area contributed by atoms with E-state index in [1.54, 1.807) is 6.92 Å². The molecule has 0 bridgehead atoms. The second-order valence-corrected chi connectivity index (χ2v) is 3.30. The van der Waals surface area contributed by atoms with Crippen LogP contribution in [0.25, 0.3) is 0 Å². The summed E-state index contributed by atoms with van der Waals surface area (Å²) in [5.74, 6) is -6.40. The molecule has 6 nitrogen and oxygen atoms in total. The number of ether oxygens (including phenoxy) is 2. The van der Waals surface area contributed by atoms with Crippen LogP contribution in [0.4, 0.5) is 8.78 Å². The lowest BCUT2D eigenvalue weighted by Gasteiger charge is -2.13. The molecule has 19 heavy (non-hydrogen) atoms. The molecule has 0 aromatic carbocycles. The van der Waals surface area contributed by atoms with E-state index in [1.807, 2.05) is 0 Å². The maximum absolute atomic E-state index is 13.5. The average molecular weight is 274 g/mol. The van der Waals surface area contributed by atoms with Crippen molar-refractivity contribution in [2.75, 3.05) is 13.2 Å². The number of halogens is 2. The molecule has 0 saturated carbocycles. The number of hydrogen-bond acceptors (Lipinski definition) is 6. The van der Waals surface area contributed by atoms with Gasteiger partial charge in [-0.25, -0.2) is 14.6 Å². The number of aromatic nitrogens is 2. The first-order chi connectivity index (χ1) is 8.93. The van der Waals surface area contributed by atoms with Crippen LogP contribution in [0.15, 0.2) is 12.4 Å². The van der Waals surface area contributed by atoms with Crippen LogP contribution in [-0.4, -0.2) is 35.1 Å². The standard InChI is InChI=1S/C11H12F2N2O4/c1-3-18-9(16)7-5-15-8(6-14-7)11(12,13)10(17)19-4-2/h5-6H,3-4H2,1-2H3. The highest BCUT2D eigenvalue weighted by atomic mass is 19.3. The topological polar surface area (TPSA) is 78.4 Å². The van der Waals surface area contributed by atoms with Gasteiger partial charge in [-0.05, 0) is 13.8 Å². The number of rotatable bonds is 5. The summed E-state index contributed by atoms with van der Waals surface area (Å²) in [5.41, 5.74) is -1.11. The summed E-state index contributed by atoms with van der Waals surface area (Å²) < 4.78 is 35.9. The lowest BCUT2D eigenvalue weighted by Crippen LogP contribution is -2.29. The highest BCUT2D eigenvalue weighted by Gasteiger charge is 2.44. The lowest BCUT2D eigenvalue weighted by atomic mass is 10.2. The molecule has 0 fully saturated rings. The second kappa shape index (κ2) is 6.17. The molecule has 1 aromatic rings. The fourth-order valence-corrected chi connectivity index (χ4v) is 1.13. The zero-order valence-electron chi connectivity index (χ0n) is 10.4. The highest BCUT2D eigenvalue weighted by molar-refractivity contribution is 5.86. The van der Waals surface area contributed by atoms with Crippen molar-refractivity contribution in [3.05, 3.63) is 23.8 Å². The summed E-state index contributed by atoms with van der Waals surface area (Å²) in [4.78, 5) is 29.1. The van der Waals surface area contributed by atoms with Gasteiger partial charge in [0.1, 0.15) is 5.69 Å². The molecule has 1 aromatic heterocycles. The summed E-state index contributed by atoms with van der Waals surface area (Å²) in [6.45, 7) is 2.95. The Kier molecular flexibility index (Phi) is 4.85. The van der Waals surface area contributed by atoms with Gasteiger partial charge in [-0.2, -0.15) is 8.78 Å². The molecular weight excluding hydrogens is 262 g/mol. The van der Waals surface area contributed by atoms with E-state index in [0.717, 1.165) is 6.20 Å². The van der Waals surface area contributed by atoms with E-state index in [9.17, 15) is 18.4 Å². The molecular formula is C11H12F2N2O4. The molecule has 0 N–H and O–H groups in total.